The number of H-pyrrole nitrogens is 5. The second kappa shape index (κ2) is 27.3. The molecule has 0 aliphatic heterocycles. The maximum atomic E-state index is 12.9. The van der Waals surface area contributed by atoms with Gasteiger partial charge in [0.1, 0.15) is 5.82 Å². The highest BCUT2D eigenvalue weighted by Crippen LogP contribution is 2.43. The van der Waals surface area contributed by atoms with E-state index in [1.54, 1.807) is 25.5 Å². The molecule has 5 N–H and O–H groups in total. The highest BCUT2D eigenvalue weighted by atomic mass is 16.2. The van der Waals surface area contributed by atoms with Crippen LogP contribution < -0.4 is 33.7 Å². The summed E-state index contributed by atoms with van der Waals surface area (Å²) in [5.74, 6) is 2.85. The molecule has 9 aromatic rings. The average Bonchev–Trinajstić information content (AvgIpc) is 3.72. The molecule has 3 fully saturated rings. The van der Waals surface area contributed by atoms with E-state index in [0.29, 0.717) is 54.0 Å². The van der Waals surface area contributed by atoms with Gasteiger partial charge in [0.2, 0.25) is 0 Å². The fraction of sp³-hybridized carbons (Fsp3) is 0.338. The first-order valence-electron chi connectivity index (χ1n) is 29.3. The molecule has 83 heavy (non-hydrogen) atoms. The van der Waals surface area contributed by atoms with Crippen LogP contribution in [0.25, 0.3) is 0 Å². The van der Waals surface area contributed by atoms with Crippen LogP contribution in [0.15, 0.2) is 187 Å². The van der Waals surface area contributed by atoms with Crippen molar-refractivity contribution in [3.8, 4) is 0 Å². The third-order valence-electron chi connectivity index (χ3n) is 17.3. The zero-order valence-corrected chi connectivity index (χ0v) is 47.3. The fourth-order valence-electron chi connectivity index (χ4n) is 12.9. The Morgan fingerprint density at radius 2 is 0.807 bits per heavy atom. The fourth-order valence-corrected chi connectivity index (χ4v) is 12.9. The van der Waals surface area contributed by atoms with Crippen LogP contribution in [0.1, 0.15) is 186 Å². The van der Waals surface area contributed by atoms with Gasteiger partial charge in [-0.15, -0.1) is 0 Å². The molecule has 15 nitrogen and oxygen atoms in total. The molecule has 15 heteroatoms. The van der Waals surface area contributed by atoms with E-state index < -0.39 is 11.4 Å². The molecule has 0 saturated heterocycles. The molecule has 0 radical (unpaired) electrons. The predicted molar refractivity (Wildman–Crippen MR) is 325 cm³/mol. The molecule has 0 atom stereocenters. The smallest absolute Gasteiger partial charge is 0.311 e. The lowest BCUT2D eigenvalue weighted by Crippen LogP contribution is -2.37. The summed E-state index contributed by atoms with van der Waals surface area (Å²) in [6.07, 6.45) is 16.8. The van der Waals surface area contributed by atoms with E-state index in [1.807, 2.05) is 67.6 Å². The number of benzene rings is 4. The van der Waals surface area contributed by atoms with Crippen LogP contribution in [-0.4, -0.2) is 44.4 Å². The topological polar surface area (TPSA) is 225 Å². The Kier molecular flexibility index (Phi) is 18.9. The van der Waals surface area contributed by atoms with Crippen LogP contribution in [0, 0.1) is 6.92 Å². The number of nitrogens with one attached hydrogen (secondary N) is 5. The van der Waals surface area contributed by atoms with E-state index >= 15 is 0 Å². The van der Waals surface area contributed by atoms with Crippen molar-refractivity contribution in [2.45, 2.75) is 139 Å². The quantitative estimate of drug-likeness (QED) is 0.0783. The van der Waals surface area contributed by atoms with Crippen LogP contribution in [0.5, 0.6) is 0 Å². The average molecular weight is 1110 g/mol. The predicted octanol–water partition coefficient (Wildman–Crippen LogP) is 10.8. The van der Waals surface area contributed by atoms with Crippen LogP contribution in [0.4, 0.5) is 0 Å². The Morgan fingerprint density at radius 1 is 0.410 bits per heavy atom. The van der Waals surface area contributed by atoms with Gasteiger partial charge < -0.3 is 15.0 Å². The van der Waals surface area contributed by atoms with Gasteiger partial charge in [-0.3, -0.25) is 33.9 Å². The standard InChI is InChI=1S/C24H26N2O2.C23H25N3O2.C21H22N4O2/c1-26-23(27)21(16-17-8-4-2-5-9-17)22(25-24(26)28)20-14-12-19(13-15-20)18-10-6-3-7-11-18;1-15-6-5-9-19(24-15)14-20-21(25-23(28)26-22(20)27)18-12-10-17(11-13-18)16-7-3-2-4-8-16;26-20-17(13-18-22-11-4-12-23-18)19(24-21(27)25-20)16-9-7-15(8-10-16)14-5-2-1-3-6-14/h2-11,19-20H,12-16H2,1H3,(H,25,28);2-9,17-18H,10-14H2,1H3,(H2,25,26,27,28);1-6,11-12,15-16H,7-10,13H2,(H2,24,25,26,27). The minimum atomic E-state index is -0.446. The van der Waals surface area contributed by atoms with Gasteiger partial charge in [-0.1, -0.05) is 127 Å². The molecule has 0 bridgehead atoms. The molecule has 5 heterocycles. The van der Waals surface area contributed by atoms with E-state index in [4.69, 9.17) is 0 Å². The van der Waals surface area contributed by atoms with Gasteiger partial charge in [0, 0.05) is 83.9 Å². The summed E-state index contributed by atoms with van der Waals surface area (Å²) in [6, 6.07) is 49.3. The van der Waals surface area contributed by atoms with Crippen molar-refractivity contribution in [3.05, 3.63) is 294 Å². The molecule has 426 valence electrons. The van der Waals surface area contributed by atoms with Gasteiger partial charge in [0.25, 0.3) is 16.7 Å². The van der Waals surface area contributed by atoms with Crippen LogP contribution in [0.3, 0.4) is 0 Å². The molecule has 3 aliphatic carbocycles. The second-order valence-electron chi connectivity index (χ2n) is 22.6. The van der Waals surface area contributed by atoms with Crippen molar-refractivity contribution in [2.24, 2.45) is 7.05 Å². The number of aromatic amines is 5. The van der Waals surface area contributed by atoms with E-state index in [1.165, 1.54) is 21.3 Å². The number of pyridine rings is 1. The number of hydrogen-bond acceptors (Lipinski definition) is 9. The summed E-state index contributed by atoms with van der Waals surface area (Å²) in [5.41, 5.74) is 9.33. The normalized spacial score (nSPS) is 19.5. The Morgan fingerprint density at radius 3 is 1.24 bits per heavy atom. The Hall–Kier alpha value is -8.85. The maximum Gasteiger partial charge on any atom is 0.328 e. The van der Waals surface area contributed by atoms with Crippen molar-refractivity contribution in [3.63, 3.8) is 0 Å². The lowest BCUT2D eigenvalue weighted by Gasteiger charge is -2.30. The van der Waals surface area contributed by atoms with E-state index in [0.717, 1.165) is 117 Å². The van der Waals surface area contributed by atoms with Gasteiger partial charge in [0.15, 0.2) is 0 Å². The summed E-state index contributed by atoms with van der Waals surface area (Å²) in [6.45, 7) is 1.94. The first-order chi connectivity index (χ1) is 40.4. The lowest BCUT2D eigenvalue weighted by atomic mass is 9.76. The van der Waals surface area contributed by atoms with Crippen molar-refractivity contribution in [1.29, 1.82) is 0 Å². The highest BCUT2D eigenvalue weighted by Gasteiger charge is 2.30. The molecule has 4 aromatic carbocycles. The number of aromatic nitrogens is 9. The maximum absolute atomic E-state index is 12.9. The van der Waals surface area contributed by atoms with Crippen molar-refractivity contribution in [1.82, 2.24) is 44.4 Å². The summed E-state index contributed by atoms with van der Waals surface area (Å²) < 4.78 is 1.19. The molecule has 0 unspecified atom stereocenters. The molecule has 12 rings (SSSR count). The Balaban J connectivity index is 0.000000139. The van der Waals surface area contributed by atoms with Gasteiger partial charge in [0.05, 0.1) is 0 Å². The largest absolute Gasteiger partial charge is 0.328 e. The Bertz CT molecular complexity index is 3930. The summed E-state index contributed by atoms with van der Waals surface area (Å²) >= 11 is 0. The zero-order valence-electron chi connectivity index (χ0n) is 47.3. The highest BCUT2D eigenvalue weighted by molar-refractivity contribution is 5.32. The first-order valence-corrected chi connectivity index (χ1v) is 29.3. The van der Waals surface area contributed by atoms with Gasteiger partial charge in [-0.2, -0.15) is 0 Å². The number of rotatable bonds is 12. The van der Waals surface area contributed by atoms with Crippen molar-refractivity contribution >= 4 is 0 Å². The zero-order chi connectivity index (χ0) is 57.7. The van der Waals surface area contributed by atoms with E-state index in [2.05, 4.69) is 119 Å². The van der Waals surface area contributed by atoms with Crippen molar-refractivity contribution < 1.29 is 0 Å². The number of aryl methyl sites for hydroxylation is 1. The number of hydrogen-bond donors (Lipinski definition) is 5. The lowest BCUT2D eigenvalue weighted by molar-refractivity contribution is 0.387. The van der Waals surface area contributed by atoms with Crippen LogP contribution >= 0.6 is 0 Å². The van der Waals surface area contributed by atoms with Crippen molar-refractivity contribution in [2.75, 3.05) is 0 Å². The van der Waals surface area contributed by atoms with Crippen LogP contribution in [-0.2, 0) is 26.3 Å². The molecule has 3 saturated carbocycles. The second-order valence-corrected chi connectivity index (χ2v) is 22.6. The molecule has 0 spiro atoms. The molecule has 0 amide bonds. The van der Waals surface area contributed by atoms with Gasteiger partial charge in [-0.25, -0.2) is 24.4 Å². The minimum Gasteiger partial charge on any atom is -0.311 e. The molecule has 5 aromatic heterocycles. The van der Waals surface area contributed by atoms with Gasteiger partial charge >= 0.3 is 17.1 Å². The summed E-state index contributed by atoms with van der Waals surface area (Å²) in [5, 5.41) is 0. The minimum absolute atomic E-state index is 0.173. The Labute approximate surface area is 481 Å². The SMILES string of the molecule is Cc1cccc(Cc2c(C3CCC(c4ccccc4)CC3)[nH]c(=O)[nH]c2=O)n1.Cn1c(=O)[nH]c(C2CCC(c3ccccc3)CC2)c(Cc2ccccc2)c1=O.O=c1[nH]c(C2CCC(c3ccccc3)CC2)c(Cc2ncccn2)c(=O)[nH]1. The summed E-state index contributed by atoms with van der Waals surface area (Å²) in [7, 11) is 1.55. The number of nitrogens with zero attached hydrogens (tertiary/aromatic N) is 4. The third kappa shape index (κ3) is 14.6. The monoisotopic (exact) mass is 1110 g/mol. The van der Waals surface area contributed by atoms with E-state index in [9.17, 15) is 28.8 Å². The van der Waals surface area contributed by atoms with E-state index in [-0.39, 0.29) is 40.1 Å². The van der Waals surface area contributed by atoms with Gasteiger partial charge in [-0.05, 0) is 160 Å². The first kappa shape index (κ1) is 57.4. The molecular formula is C68H73N9O6. The van der Waals surface area contributed by atoms with Crippen LogP contribution in [0.2, 0.25) is 0 Å². The summed E-state index contributed by atoms with van der Waals surface area (Å²) in [4.78, 5) is 101. The third-order valence-corrected chi connectivity index (χ3v) is 17.3. The molecule has 3 aliphatic rings. The molecular weight excluding hydrogens is 1040 g/mol.